The molecule has 0 fully saturated rings. The van der Waals surface area contributed by atoms with Crippen LogP contribution in [0.25, 0.3) is 0 Å². The predicted octanol–water partition coefficient (Wildman–Crippen LogP) is 3.07. The maximum atomic E-state index is 11.5. The van der Waals surface area contributed by atoms with Gasteiger partial charge in [0.25, 0.3) is 0 Å². The van der Waals surface area contributed by atoms with Gasteiger partial charge in [0.05, 0.1) is 0 Å². The number of pyridine rings is 1. The van der Waals surface area contributed by atoms with Crippen LogP contribution in [0.3, 0.4) is 0 Å². The number of Topliss-reactive ketones (excluding diaryl/α,β-unsaturated/α-hetero) is 1. The van der Waals surface area contributed by atoms with Gasteiger partial charge in [0.2, 0.25) is 0 Å². The van der Waals surface area contributed by atoms with Crippen LogP contribution in [0.15, 0.2) is 22.9 Å². The molecule has 0 atom stereocenters. The molecule has 0 aliphatic rings. The van der Waals surface area contributed by atoms with Crippen molar-refractivity contribution >= 4 is 21.7 Å². The quantitative estimate of drug-likeness (QED) is 0.762. The standard InChI is InChI=1S/C10H12BrNO/c1-7(2)3-10(13)8-4-9(11)6-12-5-8/h4-7H,3H2,1-2H3. The molecule has 1 heterocycles. The van der Waals surface area contributed by atoms with Gasteiger partial charge in [0, 0.05) is 28.9 Å². The van der Waals surface area contributed by atoms with Crippen molar-refractivity contribution in [2.45, 2.75) is 20.3 Å². The Balaban J connectivity index is 2.77. The fourth-order valence-corrected chi connectivity index (χ4v) is 1.42. The lowest BCUT2D eigenvalue weighted by atomic mass is 10.0. The summed E-state index contributed by atoms with van der Waals surface area (Å²) in [7, 11) is 0. The Bertz CT molecular complexity index is 310. The first-order chi connectivity index (χ1) is 6.09. The van der Waals surface area contributed by atoms with Gasteiger partial charge in [-0.3, -0.25) is 9.78 Å². The minimum atomic E-state index is 0.156. The lowest BCUT2D eigenvalue weighted by Gasteiger charge is -2.03. The van der Waals surface area contributed by atoms with Crippen LogP contribution < -0.4 is 0 Å². The largest absolute Gasteiger partial charge is 0.294 e. The Morgan fingerprint density at radius 2 is 2.23 bits per heavy atom. The summed E-state index contributed by atoms with van der Waals surface area (Å²) in [4.78, 5) is 15.5. The third-order valence-electron chi connectivity index (χ3n) is 1.62. The fraction of sp³-hybridized carbons (Fsp3) is 0.400. The Morgan fingerprint density at radius 3 is 2.77 bits per heavy atom. The lowest BCUT2D eigenvalue weighted by molar-refractivity contribution is 0.0967. The van der Waals surface area contributed by atoms with E-state index in [0.29, 0.717) is 17.9 Å². The van der Waals surface area contributed by atoms with Crippen molar-refractivity contribution < 1.29 is 4.79 Å². The van der Waals surface area contributed by atoms with Gasteiger partial charge in [-0.1, -0.05) is 13.8 Å². The van der Waals surface area contributed by atoms with E-state index in [-0.39, 0.29) is 5.78 Å². The minimum absolute atomic E-state index is 0.156. The van der Waals surface area contributed by atoms with E-state index >= 15 is 0 Å². The highest BCUT2D eigenvalue weighted by Crippen LogP contribution is 2.13. The van der Waals surface area contributed by atoms with E-state index in [4.69, 9.17) is 0 Å². The number of ketones is 1. The Kier molecular flexibility index (Phi) is 3.60. The number of carbonyl (C=O) groups is 1. The van der Waals surface area contributed by atoms with Gasteiger partial charge in [-0.25, -0.2) is 0 Å². The van der Waals surface area contributed by atoms with Gasteiger partial charge < -0.3 is 0 Å². The van der Waals surface area contributed by atoms with Crippen molar-refractivity contribution in [2.24, 2.45) is 5.92 Å². The monoisotopic (exact) mass is 241 g/mol. The minimum Gasteiger partial charge on any atom is -0.294 e. The first-order valence-electron chi connectivity index (χ1n) is 4.23. The topological polar surface area (TPSA) is 30.0 Å². The second kappa shape index (κ2) is 4.51. The van der Waals surface area contributed by atoms with Crippen LogP contribution in [0.4, 0.5) is 0 Å². The van der Waals surface area contributed by atoms with Crippen molar-refractivity contribution in [3.8, 4) is 0 Å². The number of nitrogens with zero attached hydrogens (tertiary/aromatic N) is 1. The third-order valence-corrected chi connectivity index (χ3v) is 2.05. The van der Waals surface area contributed by atoms with Crippen LogP contribution in [-0.2, 0) is 0 Å². The van der Waals surface area contributed by atoms with Gasteiger partial charge in [0.15, 0.2) is 5.78 Å². The van der Waals surface area contributed by atoms with Crippen LogP contribution in [0.5, 0.6) is 0 Å². The summed E-state index contributed by atoms with van der Waals surface area (Å²) in [5.41, 5.74) is 0.683. The molecule has 1 rings (SSSR count). The second-order valence-corrected chi connectivity index (χ2v) is 4.33. The third kappa shape index (κ3) is 3.27. The van der Waals surface area contributed by atoms with E-state index in [1.54, 1.807) is 18.5 Å². The summed E-state index contributed by atoms with van der Waals surface area (Å²) >= 11 is 3.28. The number of rotatable bonds is 3. The highest BCUT2D eigenvalue weighted by atomic mass is 79.9. The molecule has 0 aliphatic carbocycles. The molecule has 3 heteroatoms. The van der Waals surface area contributed by atoms with Gasteiger partial charge in [-0.15, -0.1) is 0 Å². The van der Waals surface area contributed by atoms with Gasteiger partial charge in [-0.05, 0) is 27.9 Å². The number of hydrogen-bond donors (Lipinski definition) is 0. The van der Waals surface area contributed by atoms with Crippen LogP contribution in [-0.4, -0.2) is 10.8 Å². The van der Waals surface area contributed by atoms with Crippen molar-refractivity contribution in [2.75, 3.05) is 0 Å². The molecule has 0 saturated carbocycles. The van der Waals surface area contributed by atoms with Crippen LogP contribution in [0, 0.1) is 5.92 Å². The van der Waals surface area contributed by atoms with Crippen molar-refractivity contribution in [1.82, 2.24) is 4.98 Å². The number of aromatic nitrogens is 1. The smallest absolute Gasteiger partial charge is 0.164 e. The molecule has 0 aliphatic heterocycles. The van der Waals surface area contributed by atoms with E-state index in [2.05, 4.69) is 20.9 Å². The second-order valence-electron chi connectivity index (χ2n) is 3.41. The normalized spacial score (nSPS) is 10.5. The average Bonchev–Trinajstić information content (AvgIpc) is 2.03. The Labute approximate surface area is 86.5 Å². The summed E-state index contributed by atoms with van der Waals surface area (Å²) in [5.74, 6) is 0.551. The predicted molar refractivity (Wildman–Crippen MR) is 55.7 cm³/mol. The molecule has 0 amide bonds. The Hall–Kier alpha value is -0.700. The molecule has 1 aromatic heterocycles. The Morgan fingerprint density at radius 1 is 1.54 bits per heavy atom. The fourth-order valence-electron chi connectivity index (χ4n) is 1.05. The van der Waals surface area contributed by atoms with E-state index in [9.17, 15) is 4.79 Å². The maximum absolute atomic E-state index is 11.5. The molecule has 0 N–H and O–H groups in total. The summed E-state index contributed by atoms with van der Waals surface area (Å²) in [6, 6.07) is 1.80. The zero-order valence-corrected chi connectivity index (χ0v) is 9.34. The van der Waals surface area contributed by atoms with E-state index < -0.39 is 0 Å². The molecule has 1 aromatic rings. The number of halogens is 1. The zero-order valence-electron chi connectivity index (χ0n) is 7.75. The van der Waals surface area contributed by atoms with Gasteiger partial charge >= 0.3 is 0 Å². The lowest BCUT2D eigenvalue weighted by Crippen LogP contribution is -2.03. The number of hydrogen-bond acceptors (Lipinski definition) is 2. The molecular formula is C10H12BrNO. The average molecular weight is 242 g/mol. The summed E-state index contributed by atoms with van der Waals surface area (Å²) in [6.45, 7) is 4.06. The number of carbonyl (C=O) groups excluding carboxylic acids is 1. The molecule has 0 bridgehead atoms. The molecule has 70 valence electrons. The first-order valence-corrected chi connectivity index (χ1v) is 5.02. The van der Waals surface area contributed by atoms with Crippen LogP contribution >= 0.6 is 15.9 Å². The molecule has 2 nitrogen and oxygen atoms in total. The molecular weight excluding hydrogens is 230 g/mol. The van der Waals surface area contributed by atoms with E-state index in [1.807, 2.05) is 13.8 Å². The van der Waals surface area contributed by atoms with Crippen LogP contribution in [0.1, 0.15) is 30.6 Å². The highest BCUT2D eigenvalue weighted by Gasteiger charge is 2.08. The zero-order chi connectivity index (χ0) is 9.84. The summed E-state index contributed by atoms with van der Waals surface area (Å²) in [6.07, 6.45) is 3.86. The molecule has 0 spiro atoms. The molecule has 0 unspecified atom stereocenters. The summed E-state index contributed by atoms with van der Waals surface area (Å²) in [5, 5.41) is 0. The van der Waals surface area contributed by atoms with Crippen molar-refractivity contribution in [3.63, 3.8) is 0 Å². The maximum Gasteiger partial charge on any atom is 0.164 e. The van der Waals surface area contributed by atoms with Crippen molar-refractivity contribution in [1.29, 1.82) is 0 Å². The van der Waals surface area contributed by atoms with Crippen molar-refractivity contribution in [3.05, 3.63) is 28.5 Å². The van der Waals surface area contributed by atoms with E-state index in [0.717, 1.165) is 4.47 Å². The highest BCUT2D eigenvalue weighted by molar-refractivity contribution is 9.10. The molecule has 0 aromatic carbocycles. The first kappa shape index (κ1) is 10.4. The van der Waals surface area contributed by atoms with Gasteiger partial charge in [-0.2, -0.15) is 0 Å². The van der Waals surface area contributed by atoms with Crippen LogP contribution in [0.2, 0.25) is 0 Å². The molecule has 0 saturated heterocycles. The molecule has 0 radical (unpaired) electrons. The molecule has 13 heavy (non-hydrogen) atoms. The SMILES string of the molecule is CC(C)CC(=O)c1cncc(Br)c1. The van der Waals surface area contributed by atoms with Gasteiger partial charge in [0.1, 0.15) is 0 Å². The summed E-state index contributed by atoms with van der Waals surface area (Å²) < 4.78 is 0.849. The van der Waals surface area contributed by atoms with E-state index in [1.165, 1.54) is 0 Å².